The molecule has 0 N–H and O–H groups in total. The van der Waals surface area contributed by atoms with Crippen LogP contribution in [0.5, 0.6) is 0 Å². The maximum atomic E-state index is 6.34. The number of furan rings is 1. The van der Waals surface area contributed by atoms with Gasteiger partial charge in [0.2, 0.25) is 0 Å². The van der Waals surface area contributed by atoms with Gasteiger partial charge in [-0.1, -0.05) is 61.7 Å². The van der Waals surface area contributed by atoms with Crippen molar-refractivity contribution in [2.45, 2.75) is 11.8 Å². The minimum atomic E-state index is -0.0672. The molecule has 0 bridgehead atoms. The van der Waals surface area contributed by atoms with Gasteiger partial charge in [-0.05, 0) is 29.7 Å². The first-order chi connectivity index (χ1) is 8.72. The largest absolute Gasteiger partial charge is 0.472 e. The third-order valence-corrected chi connectivity index (χ3v) is 5.56. The zero-order valence-corrected chi connectivity index (χ0v) is 13.6. The Labute approximate surface area is 129 Å². The Balaban J connectivity index is 2.40. The highest BCUT2D eigenvalue weighted by Gasteiger charge is 2.32. The third-order valence-electron chi connectivity index (χ3n) is 3.08. The van der Waals surface area contributed by atoms with E-state index in [9.17, 15) is 0 Å². The molecule has 0 fully saturated rings. The highest BCUT2D eigenvalue weighted by Crippen LogP contribution is 2.36. The summed E-state index contributed by atoms with van der Waals surface area (Å²) in [6, 6.07) is 10.0. The van der Waals surface area contributed by atoms with Crippen molar-refractivity contribution in [1.29, 1.82) is 0 Å². The van der Waals surface area contributed by atoms with Gasteiger partial charge >= 0.3 is 0 Å². The normalized spacial score (nSPS) is 11.7. The first-order valence-electron chi connectivity index (χ1n) is 5.60. The summed E-state index contributed by atoms with van der Waals surface area (Å²) in [6.07, 6.45) is 4.37. The van der Waals surface area contributed by atoms with Gasteiger partial charge in [0.1, 0.15) is 0 Å². The van der Waals surface area contributed by atoms with Crippen LogP contribution in [0.1, 0.15) is 11.1 Å². The van der Waals surface area contributed by atoms with E-state index >= 15 is 0 Å². The van der Waals surface area contributed by atoms with Crippen molar-refractivity contribution in [3.63, 3.8) is 0 Å². The summed E-state index contributed by atoms with van der Waals surface area (Å²) in [7, 11) is 0. The molecule has 1 nitrogen and oxygen atoms in total. The topological polar surface area (TPSA) is 13.1 Å². The van der Waals surface area contributed by atoms with Crippen LogP contribution in [-0.2, 0) is 11.8 Å². The quantitative estimate of drug-likeness (QED) is 0.637. The SMILES string of the molecule is Clc1ccccc1C(CBr)(CBr)Cc1ccoc1. The number of hydrogen-bond acceptors (Lipinski definition) is 1. The second-order valence-electron chi connectivity index (χ2n) is 4.34. The average Bonchev–Trinajstić information content (AvgIpc) is 2.90. The minimum absolute atomic E-state index is 0.0672. The molecule has 1 aromatic heterocycles. The van der Waals surface area contributed by atoms with E-state index < -0.39 is 0 Å². The highest BCUT2D eigenvalue weighted by atomic mass is 79.9. The molecular weight excluding hydrogens is 379 g/mol. The van der Waals surface area contributed by atoms with Crippen molar-refractivity contribution in [2.75, 3.05) is 10.7 Å². The molecule has 0 atom stereocenters. The second-order valence-corrected chi connectivity index (χ2v) is 5.86. The van der Waals surface area contributed by atoms with E-state index in [0.29, 0.717) is 0 Å². The maximum Gasteiger partial charge on any atom is 0.0934 e. The van der Waals surface area contributed by atoms with Crippen molar-refractivity contribution in [3.8, 4) is 0 Å². The molecular formula is C14H13Br2ClO. The molecule has 0 saturated carbocycles. The van der Waals surface area contributed by atoms with E-state index in [1.54, 1.807) is 12.5 Å². The monoisotopic (exact) mass is 390 g/mol. The molecule has 2 rings (SSSR count). The predicted octanol–water partition coefficient (Wildman–Crippen LogP) is 5.20. The summed E-state index contributed by atoms with van der Waals surface area (Å²) < 4.78 is 5.15. The summed E-state index contributed by atoms with van der Waals surface area (Å²) in [4.78, 5) is 0. The van der Waals surface area contributed by atoms with Gasteiger partial charge in [0.25, 0.3) is 0 Å². The number of alkyl halides is 2. The summed E-state index contributed by atoms with van der Waals surface area (Å²) in [5.74, 6) is 0. The first-order valence-corrected chi connectivity index (χ1v) is 8.22. The molecule has 96 valence electrons. The summed E-state index contributed by atoms with van der Waals surface area (Å²) >= 11 is 13.6. The maximum absolute atomic E-state index is 6.34. The minimum Gasteiger partial charge on any atom is -0.472 e. The Morgan fingerprint density at radius 1 is 1.11 bits per heavy atom. The molecule has 1 aromatic carbocycles. The van der Waals surface area contributed by atoms with Gasteiger partial charge in [0, 0.05) is 21.1 Å². The molecule has 0 amide bonds. The van der Waals surface area contributed by atoms with E-state index in [1.807, 2.05) is 24.3 Å². The van der Waals surface area contributed by atoms with E-state index in [4.69, 9.17) is 16.0 Å². The highest BCUT2D eigenvalue weighted by molar-refractivity contribution is 9.09. The van der Waals surface area contributed by atoms with Crippen LogP contribution >= 0.6 is 43.5 Å². The molecule has 0 aliphatic carbocycles. The van der Waals surface area contributed by atoms with Crippen molar-refractivity contribution in [2.24, 2.45) is 0 Å². The lowest BCUT2D eigenvalue weighted by molar-refractivity contribution is 0.532. The van der Waals surface area contributed by atoms with Gasteiger partial charge in [-0.2, -0.15) is 0 Å². The molecule has 0 aliphatic heterocycles. The molecule has 4 heteroatoms. The molecule has 0 aliphatic rings. The molecule has 0 radical (unpaired) electrons. The Hall–Kier alpha value is -0.250. The van der Waals surface area contributed by atoms with Crippen LogP contribution in [0.3, 0.4) is 0 Å². The van der Waals surface area contributed by atoms with E-state index in [-0.39, 0.29) is 5.41 Å². The third kappa shape index (κ3) is 2.84. The fourth-order valence-electron chi connectivity index (χ4n) is 2.04. The number of rotatable bonds is 5. The summed E-state index contributed by atoms with van der Waals surface area (Å²) in [5.41, 5.74) is 2.26. The molecule has 0 unspecified atom stereocenters. The molecule has 0 spiro atoms. The first kappa shape index (κ1) is 14.2. The van der Waals surface area contributed by atoms with Crippen LogP contribution in [0.25, 0.3) is 0 Å². The molecule has 18 heavy (non-hydrogen) atoms. The molecule has 0 saturated heterocycles. The van der Waals surface area contributed by atoms with Crippen LogP contribution in [0.4, 0.5) is 0 Å². The molecule has 2 aromatic rings. The predicted molar refractivity (Wildman–Crippen MR) is 83.1 cm³/mol. The van der Waals surface area contributed by atoms with Crippen LogP contribution in [0, 0.1) is 0 Å². The van der Waals surface area contributed by atoms with Crippen LogP contribution in [0.15, 0.2) is 47.3 Å². The van der Waals surface area contributed by atoms with Crippen LogP contribution < -0.4 is 0 Å². The van der Waals surface area contributed by atoms with Gasteiger partial charge < -0.3 is 4.42 Å². The smallest absolute Gasteiger partial charge is 0.0934 e. The lowest BCUT2D eigenvalue weighted by atomic mass is 9.79. The summed E-state index contributed by atoms with van der Waals surface area (Å²) in [5, 5.41) is 2.47. The standard InChI is InChI=1S/C14H13Br2ClO/c15-9-14(10-16,7-11-5-6-18-8-11)12-3-1-2-4-13(12)17/h1-6,8H,7,9-10H2. The van der Waals surface area contributed by atoms with Gasteiger partial charge in [-0.3, -0.25) is 0 Å². The van der Waals surface area contributed by atoms with Crippen LogP contribution in [-0.4, -0.2) is 10.7 Å². The molecule has 1 heterocycles. The lowest BCUT2D eigenvalue weighted by Gasteiger charge is -2.31. The van der Waals surface area contributed by atoms with Gasteiger partial charge in [0.15, 0.2) is 0 Å². The average molecular weight is 393 g/mol. The fourth-order valence-corrected chi connectivity index (χ4v) is 4.31. The summed E-state index contributed by atoms with van der Waals surface area (Å²) in [6.45, 7) is 0. The van der Waals surface area contributed by atoms with E-state index in [0.717, 1.165) is 27.7 Å². The lowest BCUT2D eigenvalue weighted by Crippen LogP contribution is -2.33. The number of benzene rings is 1. The van der Waals surface area contributed by atoms with E-state index in [2.05, 4.69) is 37.9 Å². The van der Waals surface area contributed by atoms with Crippen LogP contribution in [0.2, 0.25) is 5.02 Å². The Morgan fingerprint density at radius 3 is 2.39 bits per heavy atom. The Bertz CT molecular complexity index is 492. The van der Waals surface area contributed by atoms with E-state index in [1.165, 1.54) is 5.56 Å². The van der Waals surface area contributed by atoms with Gasteiger partial charge in [0.05, 0.1) is 12.5 Å². The fraction of sp³-hybridized carbons (Fsp3) is 0.286. The zero-order chi connectivity index (χ0) is 13.0. The Morgan fingerprint density at radius 2 is 1.83 bits per heavy atom. The number of halogens is 3. The second kappa shape index (κ2) is 6.27. The zero-order valence-electron chi connectivity index (χ0n) is 9.70. The van der Waals surface area contributed by atoms with Gasteiger partial charge in [-0.25, -0.2) is 0 Å². The van der Waals surface area contributed by atoms with Crippen molar-refractivity contribution < 1.29 is 4.42 Å². The van der Waals surface area contributed by atoms with Gasteiger partial charge in [-0.15, -0.1) is 0 Å². The van der Waals surface area contributed by atoms with Crippen molar-refractivity contribution >= 4 is 43.5 Å². The van der Waals surface area contributed by atoms with Crippen molar-refractivity contribution in [3.05, 3.63) is 59.0 Å². The Kier molecular flexibility index (Phi) is 4.93. The number of hydrogen-bond donors (Lipinski definition) is 0. The van der Waals surface area contributed by atoms with Crippen molar-refractivity contribution in [1.82, 2.24) is 0 Å².